The number of hydrogen-bond donors (Lipinski definition) is 0. The maximum Gasteiger partial charge on any atom is 0.221 e. The van der Waals surface area contributed by atoms with Gasteiger partial charge in [0, 0.05) is 17.9 Å². The highest BCUT2D eigenvalue weighted by Crippen LogP contribution is 2.30. The second-order valence-electron chi connectivity index (χ2n) is 4.50. The second-order valence-corrected chi connectivity index (χ2v) is 5.06. The number of ether oxygens (including phenoxy) is 1. The van der Waals surface area contributed by atoms with Crippen molar-refractivity contribution < 1.29 is 4.74 Å². The quantitative estimate of drug-likeness (QED) is 0.800. The molecule has 2 rings (SSSR count). The van der Waals surface area contributed by atoms with E-state index >= 15 is 0 Å². The number of halogens is 1. The van der Waals surface area contributed by atoms with Crippen LogP contribution in [0.25, 0.3) is 0 Å². The number of aromatic nitrogens is 2. The number of alkyl halides is 1. The number of benzene rings is 1. The average molecular weight is 309 g/mol. The van der Waals surface area contributed by atoms with E-state index in [-0.39, 0.29) is 0 Å². The number of aryl methyl sites for hydroxylation is 4. The minimum Gasteiger partial charge on any atom is -0.439 e. The first kappa shape index (κ1) is 13.1. The Morgan fingerprint density at radius 3 is 2.61 bits per heavy atom. The van der Waals surface area contributed by atoms with Crippen molar-refractivity contribution in [3.8, 4) is 11.6 Å². The molecule has 0 spiro atoms. The summed E-state index contributed by atoms with van der Waals surface area (Å²) in [5, 5.41) is 5.13. The van der Waals surface area contributed by atoms with Gasteiger partial charge in [-0.25, -0.2) is 4.68 Å². The Labute approximate surface area is 116 Å². The zero-order chi connectivity index (χ0) is 13.3. The third-order valence-corrected chi connectivity index (χ3v) is 3.52. The first-order chi connectivity index (χ1) is 8.52. The van der Waals surface area contributed by atoms with Crippen LogP contribution < -0.4 is 4.74 Å². The molecular weight excluding hydrogens is 292 g/mol. The molecule has 0 unspecified atom stereocenters. The first-order valence-electron chi connectivity index (χ1n) is 5.86. The van der Waals surface area contributed by atoms with E-state index in [4.69, 9.17) is 4.74 Å². The third kappa shape index (κ3) is 2.43. The fourth-order valence-electron chi connectivity index (χ4n) is 1.98. The predicted octanol–water partition coefficient (Wildman–Crippen LogP) is 4.03. The molecule has 0 amide bonds. The summed E-state index contributed by atoms with van der Waals surface area (Å²) in [6.45, 7) is 6.12. The fourth-order valence-corrected chi connectivity index (χ4v) is 2.63. The third-order valence-electron chi connectivity index (χ3n) is 2.96. The molecule has 2 aromatic rings. The summed E-state index contributed by atoms with van der Waals surface area (Å²) in [7, 11) is 1.90. The van der Waals surface area contributed by atoms with Crippen LogP contribution in [-0.2, 0) is 12.4 Å². The predicted molar refractivity (Wildman–Crippen MR) is 76.6 cm³/mol. The lowest BCUT2D eigenvalue weighted by molar-refractivity contribution is 0.424. The molecule has 3 nitrogen and oxygen atoms in total. The number of hydrogen-bond acceptors (Lipinski definition) is 2. The van der Waals surface area contributed by atoms with E-state index in [2.05, 4.69) is 47.0 Å². The van der Waals surface area contributed by atoms with Crippen LogP contribution >= 0.6 is 15.9 Å². The molecular formula is C14H17BrN2O. The maximum absolute atomic E-state index is 6.01. The van der Waals surface area contributed by atoms with Gasteiger partial charge in [0.15, 0.2) is 0 Å². The second kappa shape index (κ2) is 5.14. The van der Waals surface area contributed by atoms with Crippen molar-refractivity contribution in [1.29, 1.82) is 0 Å². The Kier molecular flexibility index (Phi) is 3.76. The van der Waals surface area contributed by atoms with Gasteiger partial charge in [0.05, 0.1) is 5.69 Å². The minimum atomic E-state index is 0.743. The van der Waals surface area contributed by atoms with Crippen LogP contribution in [0.1, 0.15) is 22.4 Å². The van der Waals surface area contributed by atoms with Crippen molar-refractivity contribution in [2.75, 3.05) is 0 Å². The molecule has 4 heteroatoms. The molecule has 1 aromatic carbocycles. The van der Waals surface area contributed by atoms with Crippen molar-refractivity contribution in [3.05, 3.63) is 40.6 Å². The molecule has 1 heterocycles. The van der Waals surface area contributed by atoms with E-state index < -0.39 is 0 Å². The molecule has 0 saturated heterocycles. The van der Waals surface area contributed by atoms with Crippen molar-refractivity contribution in [1.82, 2.24) is 9.78 Å². The molecule has 0 aliphatic heterocycles. The summed E-state index contributed by atoms with van der Waals surface area (Å²) in [5.74, 6) is 1.68. The molecule has 0 radical (unpaired) electrons. The summed E-state index contributed by atoms with van der Waals surface area (Å²) in [6.07, 6.45) is 0. The van der Waals surface area contributed by atoms with Crippen LogP contribution in [0.2, 0.25) is 0 Å². The Bertz CT molecular complexity index is 575. The molecule has 0 aliphatic rings. The van der Waals surface area contributed by atoms with Gasteiger partial charge in [-0.3, -0.25) is 0 Å². The van der Waals surface area contributed by atoms with Crippen LogP contribution in [0.4, 0.5) is 0 Å². The Morgan fingerprint density at radius 2 is 2.00 bits per heavy atom. The maximum atomic E-state index is 6.01. The van der Waals surface area contributed by atoms with Crippen LogP contribution in [0, 0.1) is 20.8 Å². The lowest BCUT2D eigenvalue weighted by atomic mass is 10.1. The minimum absolute atomic E-state index is 0.743. The molecule has 1 aromatic heterocycles. The molecule has 96 valence electrons. The van der Waals surface area contributed by atoms with Gasteiger partial charge < -0.3 is 4.74 Å². The fraction of sp³-hybridized carbons (Fsp3) is 0.357. The number of rotatable bonds is 3. The number of nitrogens with zero attached hydrogens (tertiary/aromatic N) is 2. The molecule has 0 fully saturated rings. The highest BCUT2D eigenvalue weighted by Gasteiger charge is 2.15. The van der Waals surface area contributed by atoms with Crippen LogP contribution in [0.15, 0.2) is 18.2 Å². The molecule has 0 bridgehead atoms. The van der Waals surface area contributed by atoms with Crippen LogP contribution in [0.3, 0.4) is 0 Å². The van der Waals surface area contributed by atoms with Crippen molar-refractivity contribution >= 4 is 15.9 Å². The summed E-state index contributed by atoms with van der Waals surface area (Å²) < 4.78 is 7.79. The lowest BCUT2D eigenvalue weighted by Gasteiger charge is -2.10. The zero-order valence-electron chi connectivity index (χ0n) is 11.1. The normalized spacial score (nSPS) is 10.7. The van der Waals surface area contributed by atoms with Gasteiger partial charge in [0.2, 0.25) is 5.88 Å². The van der Waals surface area contributed by atoms with E-state index in [1.807, 2.05) is 20.0 Å². The van der Waals surface area contributed by atoms with Crippen molar-refractivity contribution in [2.45, 2.75) is 26.1 Å². The molecule has 0 saturated carbocycles. The molecule has 0 atom stereocenters. The van der Waals surface area contributed by atoms with Gasteiger partial charge in [-0.15, -0.1) is 0 Å². The van der Waals surface area contributed by atoms with Gasteiger partial charge in [-0.05, 0) is 32.4 Å². The SMILES string of the molecule is Cc1ccc(Oc2c(CBr)c(C)nn2C)c(C)c1. The monoisotopic (exact) mass is 308 g/mol. The zero-order valence-corrected chi connectivity index (χ0v) is 12.7. The van der Waals surface area contributed by atoms with Gasteiger partial charge in [-0.2, -0.15) is 5.10 Å². The smallest absolute Gasteiger partial charge is 0.221 e. The Morgan fingerprint density at radius 1 is 1.28 bits per heavy atom. The molecule has 0 N–H and O–H groups in total. The topological polar surface area (TPSA) is 27.1 Å². The Hall–Kier alpha value is -1.29. The Balaban J connectivity index is 2.39. The van der Waals surface area contributed by atoms with Gasteiger partial charge in [-0.1, -0.05) is 33.6 Å². The molecule has 0 aliphatic carbocycles. The summed E-state index contributed by atoms with van der Waals surface area (Å²) in [5.41, 5.74) is 4.46. The van der Waals surface area contributed by atoms with Crippen molar-refractivity contribution in [2.24, 2.45) is 7.05 Å². The van der Waals surface area contributed by atoms with Gasteiger partial charge in [0.25, 0.3) is 0 Å². The highest BCUT2D eigenvalue weighted by atomic mass is 79.9. The van der Waals surface area contributed by atoms with Crippen LogP contribution in [-0.4, -0.2) is 9.78 Å². The van der Waals surface area contributed by atoms with E-state index in [0.717, 1.165) is 33.8 Å². The van der Waals surface area contributed by atoms with Crippen LogP contribution in [0.5, 0.6) is 11.6 Å². The van der Waals surface area contributed by atoms with E-state index in [1.54, 1.807) is 4.68 Å². The van der Waals surface area contributed by atoms with Crippen molar-refractivity contribution in [3.63, 3.8) is 0 Å². The standard InChI is InChI=1S/C14H17BrN2O/c1-9-5-6-13(10(2)7-9)18-14-12(8-15)11(3)16-17(14)4/h5-7H,8H2,1-4H3. The van der Waals surface area contributed by atoms with Gasteiger partial charge >= 0.3 is 0 Å². The van der Waals surface area contributed by atoms with E-state index in [0.29, 0.717) is 0 Å². The first-order valence-corrected chi connectivity index (χ1v) is 6.98. The van der Waals surface area contributed by atoms with Gasteiger partial charge in [0.1, 0.15) is 5.75 Å². The van der Waals surface area contributed by atoms with E-state index in [9.17, 15) is 0 Å². The summed E-state index contributed by atoms with van der Waals surface area (Å²) >= 11 is 3.48. The molecule has 18 heavy (non-hydrogen) atoms. The largest absolute Gasteiger partial charge is 0.439 e. The average Bonchev–Trinajstić information content (AvgIpc) is 2.57. The van der Waals surface area contributed by atoms with E-state index in [1.165, 1.54) is 5.56 Å². The highest BCUT2D eigenvalue weighted by molar-refractivity contribution is 9.08. The lowest BCUT2D eigenvalue weighted by Crippen LogP contribution is -1.97. The summed E-state index contributed by atoms with van der Waals surface area (Å²) in [6, 6.07) is 6.18. The summed E-state index contributed by atoms with van der Waals surface area (Å²) in [4.78, 5) is 0.